The van der Waals surface area contributed by atoms with Crippen LogP contribution in [0, 0.1) is 0 Å². The highest BCUT2D eigenvalue weighted by Crippen LogP contribution is 2.45. The summed E-state index contributed by atoms with van der Waals surface area (Å²) in [5.41, 5.74) is 0.272. The van der Waals surface area contributed by atoms with Crippen LogP contribution < -0.4 is 37.9 Å². The number of hydrogen-bond donors (Lipinski definition) is 0. The van der Waals surface area contributed by atoms with Crippen molar-refractivity contribution in [1.29, 1.82) is 0 Å². The molecular weight excluding hydrogens is 576 g/mol. The Balaban J connectivity index is 1.25. The summed E-state index contributed by atoms with van der Waals surface area (Å²) in [5.74, 6) is -0.855. The van der Waals surface area contributed by atoms with Gasteiger partial charge >= 0.3 is 0 Å². The van der Waals surface area contributed by atoms with Gasteiger partial charge in [-0.25, -0.2) is 0 Å². The lowest BCUT2D eigenvalue weighted by atomic mass is 9.87. The van der Waals surface area contributed by atoms with Gasteiger partial charge in [-0.15, -0.1) is 0 Å². The number of hydrogen-bond acceptors (Lipinski definition) is 12. The van der Waals surface area contributed by atoms with Crippen LogP contribution in [0.5, 0.6) is 46.0 Å². The number of carbonyl (C=O) groups is 4. The highest BCUT2D eigenvalue weighted by molar-refractivity contribution is 6.52. The smallest absolute Gasteiger partial charge is 0.234 e. The van der Waals surface area contributed by atoms with Crippen molar-refractivity contribution in [3.63, 3.8) is 0 Å². The van der Waals surface area contributed by atoms with Crippen LogP contribution in [0.15, 0.2) is 60.7 Å². The summed E-state index contributed by atoms with van der Waals surface area (Å²) in [6, 6.07) is 14.6. The molecule has 0 aromatic heterocycles. The zero-order valence-electron chi connectivity index (χ0n) is 22.5. The third-order valence-electron chi connectivity index (χ3n) is 7.49. The van der Waals surface area contributed by atoms with Gasteiger partial charge in [-0.3, -0.25) is 19.2 Å². The van der Waals surface area contributed by atoms with Crippen LogP contribution in [0.25, 0.3) is 11.1 Å². The molecule has 44 heavy (non-hydrogen) atoms. The minimum absolute atomic E-state index is 0.000862. The first-order chi connectivity index (χ1) is 21.4. The van der Waals surface area contributed by atoms with Crippen LogP contribution in [0.1, 0.15) is 41.4 Å². The topological polar surface area (TPSA) is 142 Å². The molecule has 0 aliphatic carbocycles. The maximum Gasteiger partial charge on any atom is 0.234 e. The van der Waals surface area contributed by atoms with Gasteiger partial charge in [-0.05, 0) is 71.8 Å². The monoisotopic (exact) mass is 594 g/mol. The Morgan fingerprint density at radius 1 is 0.364 bits per heavy atom. The van der Waals surface area contributed by atoms with Gasteiger partial charge in [0.2, 0.25) is 50.3 Å². The minimum atomic E-state index is -0.893. The van der Waals surface area contributed by atoms with Gasteiger partial charge < -0.3 is 37.9 Å². The molecular formula is C32H18O12. The molecule has 0 saturated heterocycles. The summed E-state index contributed by atoms with van der Waals surface area (Å²) in [7, 11) is 0. The molecule has 4 aromatic rings. The first kappa shape index (κ1) is 25.7. The maximum absolute atomic E-state index is 13.9. The first-order valence-electron chi connectivity index (χ1n) is 13.3. The lowest BCUT2D eigenvalue weighted by Crippen LogP contribution is -2.18. The quantitative estimate of drug-likeness (QED) is 0.221. The molecule has 12 heteroatoms. The van der Waals surface area contributed by atoms with Crippen LogP contribution >= 0.6 is 0 Å². The average Bonchev–Trinajstić information content (AvgIpc) is 3.87. The van der Waals surface area contributed by atoms with E-state index in [4.69, 9.17) is 37.9 Å². The molecule has 8 rings (SSSR count). The van der Waals surface area contributed by atoms with E-state index < -0.39 is 23.1 Å². The summed E-state index contributed by atoms with van der Waals surface area (Å²) >= 11 is 0. The molecule has 4 heterocycles. The second kappa shape index (κ2) is 9.76. The molecule has 0 unspecified atom stereocenters. The highest BCUT2D eigenvalue weighted by atomic mass is 16.7. The van der Waals surface area contributed by atoms with Gasteiger partial charge in [0.1, 0.15) is 0 Å². The second-order valence-electron chi connectivity index (χ2n) is 9.95. The van der Waals surface area contributed by atoms with Gasteiger partial charge in [0.05, 0.1) is 0 Å². The van der Waals surface area contributed by atoms with E-state index in [1.165, 1.54) is 48.5 Å². The predicted molar refractivity (Wildman–Crippen MR) is 147 cm³/mol. The summed E-state index contributed by atoms with van der Waals surface area (Å²) in [5, 5.41) is 0. The van der Waals surface area contributed by atoms with E-state index in [-0.39, 0.29) is 83.6 Å². The summed E-state index contributed by atoms with van der Waals surface area (Å²) in [6.45, 7) is -0.228. The van der Waals surface area contributed by atoms with Crippen LogP contribution in [-0.2, 0) is 0 Å². The number of fused-ring (bicyclic) bond motifs is 4. The Hall–Kier alpha value is -6.04. The SMILES string of the molecule is O=C(C(=O)c1cc2c(cc1-c1cc3c(cc1C(=O)C(=O)c1ccc4c(c1)OCO4)OCO3)OCO2)c1ccc2c(c1)OCO2. The third kappa shape index (κ3) is 4.07. The van der Waals surface area contributed by atoms with Gasteiger partial charge in [0, 0.05) is 22.3 Å². The number of carbonyl (C=O) groups excluding carboxylic acids is 4. The van der Waals surface area contributed by atoms with Crippen molar-refractivity contribution >= 4 is 23.1 Å². The molecule has 0 radical (unpaired) electrons. The number of Topliss-reactive ketones (excluding diaryl/α,β-unsaturated/α-hetero) is 4. The molecule has 0 spiro atoms. The van der Waals surface area contributed by atoms with Crippen LogP contribution in [-0.4, -0.2) is 50.3 Å². The van der Waals surface area contributed by atoms with Crippen LogP contribution in [0.2, 0.25) is 0 Å². The lowest BCUT2D eigenvalue weighted by Gasteiger charge is -2.15. The van der Waals surface area contributed by atoms with Crippen LogP contribution in [0.4, 0.5) is 0 Å². The van der Waals surface area contributed by atoms with Crippen molar-refractivity contribution < 1.29 is 57.1 Å². The molecule has 0 N–H and O–H groups in total. The van der Waals surface area contributed by atoms with Crippen LogP contribution in [0.3, 0.4) is 0 Å². The minimum Gasteiger partial charge on any atom is -0.454 e. The fraction of sp³-hybridized carbons (Fsp3) is 0.125. The molecule has 4 aliphatic heterocycles. The molecule has 0 fully saturated rings. The van der Waals surface area contributed by atoms with E-state index in [1.54, 1.807) is 12.1 Å². The Morgan fingerprint density at radius 2 is 0.682 bits per heavy atom. The van der Waals surface area contributed by atoms with E-state index in [9.17, 15) is 19.2 Å². The largest absolute Gasteiger partial charge is 0.454 e. The highest BCUT2D eigenvalue weighted by Gasteiger charge is 2.32. The van der Waals surface area contributed by atoms with E-state index in [1.807, 2.05) is 0 Å². The number of benzene rings is 4. The molecule has 4 aliphatic rings. The van der Waals surface area contributed by atoms with E-state index in [0.29, 0.717) is 23.0 Å². The molecule has 12 nitrogen and oxygen atoms in total. The van der Waals surface area contributed by atoms with Crippen molar-refractivity contribution in [3.05, 3.63) is 82.9 Å². The van der Waals surface area contributed by atoms with E-state index in [2.05, 4.69) is 0 Å². The molecule has 218 valence electrons. The molecule has 0 amide bonds. The van der Waals surface area contributed by atoms with Gasteiger partial charge in [0.25, 0.3) is 0 Å². The van der Waals surface area contributed by atoms with Gasteiger partial charge in [-0.2, -0.15) is 0 Å². The summed E-state index contributed by atoms with van der Waals surface area (Å²) in [6.07, 6.45) is 0. The Kier molecular flexibility index (Phi) is 5.69. The Morgan fingerprint density at radius 3 is 1.07 bits per heavy atom. The summed E-state index contributed by atoms with van der Waals surface area (Å²) < 4.78 is 43.5. The Labute approximate surface area is 247 Å². The second-order valence-corrected chi connectivity index (χ2v) is 9.95. The maximum atomic E-state index is 13.9. The molecule has 0 atom stereocenters. The molecule has 0 saturated carbocycles. The average molecular weight is 594 g/mol. The number of rotatable bonds is 7. The lowest BCUT2D eigenvalue weighted by molar-refractivity contribution is 0.0816. The fourth-order valence-electron chi connectivity index (χ4n) is 5.29. The predicted octanol–water partition coefficient (Wildman–Crippen LogP) is 4.40. The van der Waals surface area contributed by atoms with Crippen molar-refractivity contribution in [2.75, 3.05) is 27.2 Å². The van der Waals surface area contributed by atoms with Crippen molar-refractivity contribution in [1.82, 2.24) is 0 Å². The first-order valence-corrected chi connectivity index (χ1v) is 13.3. The molecule has 4 aromatic carbocycles. The van der Waals surface area contributed by atoms with Gasteiger partial charge in [-0.1, -0.05) is 0 Å². The van der Waals surface area contributed by atoms with Crippen molar-refractivity contribution in [2.24, 2.45) is 0 Å². The van der Waals surface area contributed by atoms with E-state index >= 15 is 0 Å². The molecule has 0 bridgehead atoms. The zero-order chi connectivity index (χ0) is 29.9. The third-order valence-corrected chi connectivity index (χ3v) is 7.49. The van der Waals surface area contributed by atoms with E-state index in [0.717, 1.165) is 0 Å². The summed E-state index contributed by atoms with van der Waals surface area (Å²) in [4.78, 5) is 54.8. The standard InChI is InChI=1S/C32H18O12/c33-29(15-1-3-21-23(5-15)39-11-37-21)31(35)19-9-27-25(41-13-43-27)7-17(19)18-8-26-28(44-14-42-26)10-20(18)32(36)30(34)16-2-4-22-24(6-16)40-12-38-22/h1-10H,11-14H2. The fourth-order valence-corrected chi connectivity index (χ4v) is 5.29. The zero-order valence-corrected chi connectivity index (χ0v) is 22.5. The van der Waals surface area contributed by atoms with Gasteiger partial charge in [0.15, 0.2) is 46.0 Å². The number of ketones is 4. The number of ether oxygens (including phenoxy) is 8. The Bertz CT molecular complexity index is 1820. The normalized spacial score (nSPS) is 14.5. The van der Waals surface area contributed by atoms with Crippen molar-refractivity contribution in [2.45, 2.75) is 0 Å². The van der Waals surface area contributed by atoms with Crippen molar-refractivity contribution in [3.8, 4) is 57.1 Å².